The number of aromatic nitrogens is 1. The second-order valence-electron chi connectivity index (χ2n) is 3.70. The van der Waals surface area contributed by atoms with Crippen LogP contribution in [0, 0.1) is 13.8 Å². The average Bonchev–Trinajstić information content (AvgIpc) is 2.63. The molecule has 6 heteroatoms. The van der Waals surface area contributed by atoms with Crippen LogP contribution >= 0.6 is 0 Å². The lowest BCUT2D eigenvalue weighted by Gasteiger charge is -2.06. The maximum absolute atomic E-state index is 11.8. The highest BCUT2D eigenvalue weighted by Crippen LogP contribution is 2.11. The molecule has 0 aliphatic carbocycles. The highest BCUT2D eigenvalue weighted by Gasteiger charge is 2.16. The van der Waals surface area contributed by atoms with Gasteiger partial charge >= 0.3 is 0 Å². The lowest BCUT2D eigenvalue weighted by molar-refractivity contribution is 0.0951. The Kier molecular flexibility index (Phi) is 5.65. The van der Waals surface area contributed by atoms with Crippen molar-refractivity contribution in [2.45, 2.75) is 13.8 Å². The van der Waals surface area contributed by atoms with Gasteiger partial charge in [0, 0.05) is 26.7 Å². The summed E-state index contributed by atoms with van der Waals surface area (Å²) in [5, 5.41) is 9.68. The summed E-state index contributed by atoms with van der Waals surface area (Å²) in [6.07, 6.45) is 0. The largest absolute Gasteiger partial charge is 0.383 e. The van der Waals surface area contributed by atoms with Crippen LogP contribution in [0.5, 0.6) is 0 Å². The van der Waals surface area contributed by atoms with Crippen molar-refractivity contribution in [2.24, 2.45) is 0 Å². The maximum atomic E-state index is 11.8. The molecule has 96 valence electrons. The Morgan fingerprint density at radius 2 is 2.12 bits per heavy atom. The SMILES string of the molecule is COCCNCCNC(=O)c1c(C)noc1C. The molecule has 1 rings (SSSR count). The molecule has 6 nitrogen and oxygen atoms in total. The first-order valence-corrected chi connectivity index (χ1v) is 5.57. The summed E-state index contributed by atoms with van der Waals surface area (Å²) in [6.45, 7) is 6.19. The van der Waals surface area contributed by atoms with Gasteiger partial charge in [-0.05, 0) is 13.8 Å². The number of amides is 1. The molecular weight excluding hydrogens is 222 g/mol. The second kappa shape index (κ2) is 7.03. The summed E-state index contributed by atoms with van der Waals surface area (Å²) in [4.78, 5) is 11.8. The van der Waals surface area contributed by atoms with Crippen LogP contribution in [0.4, 0.5) is 0 Å². The molecule has 0 aromatic carbocycles. The van der Waals surface area contributed by atoms with Gasteiger partial charge in [-0.1, -0.05) is 5.16 Å². The first-order valence-electron chi connectivity index (χ1n) is 5.57. The molecule has 0 bridgehead atoms. The van der Waals surface area contributed by atoms with Gasteiger partial charge in [-0.3, -0.25) is 4.79 Å². The first kappa shape index (κ1) is 13.7. The molecule has 2 N–H and O–H groups in total. The zero-order valence-electron chi connectivity index (χ0n) is 10.5. The summed E-state index contributed by atoms with van der Waals surface area (Å²) < 4.78 is 9.82. The predicted octanol–water partition coefficient (Wildman–Crippen LogP) is 0.257. The minimum absolute atomic E-state index is 0.144. The van der Waals surface area contributed by atoms with Crippen LogP contribution in [0.15, 0.2) is 4.52 Å². The number of rotatable bonds is 7. The molecule has 1 heterocycles. The molecule has 0 saturated heterocycles. The number of nitrogens with one attached hydrogen (secondary N) is 2. The molecule has 17 heavy (non-hydrogen) atoms. The average molecular weight is 241 g/mol. The van der Waals surface area contributed by atoms with Crippen LogP contribution in [0.2, 0.25) is 0 Å². The number of hydrogen-bond acceptors (Lipinski definition) is 5. The van der Waals surface area contributed by atoms with Gasteiger partial charge in [0.15, 0.2) is 0 Å². The van der Waals surface area contributed by atoms with Gasteiger partial charge in [-0.15, -0.1) is 0 Å². The molecule has 0 saturated carbocycles. The lowest BCUT2D eigenvalue weighted by Crippen LogP contribution is -2.33. The van der Waals surface area contributed by atoms with E-state index in [0.29, 0.717) is 36.7 Å². The number of ether oxygens (including phenoxy) is 1. The van der Waals surface area contributed by atoms with Gasteiger partial charge in [0.2, 0.25) is 0 Å². The van der Waals surface area contributed by atoms with Crippen molar-refractivity contribution in [2.75, 3.05) is 33.4 Å². The molecule has 0 fully saturated rings. The molecule has 0 aliphatic heterocycles. The van der Waals surface area contributed by atoms with Gasteiger partial charge in [0.05, 0.1) is 12.3 Å². The summed E-state index contributed by atoms with van der Waals surface area (Å²) in [6, 6.07) is 0. The normalized spacial score (nSPS) is 10.5. The van der Waals surface area contributed by atoms with Crippen molar-refractivity contribution in [3.63, 3.8) is 0 Å². The monoisotopic (exact) mass is 241 g/mol. The van der Waals surface area contributed by atoms with Gasteiger partial charge in [0.1, 0.15) is 11.3 Å². The Balaban J connectivity index is 2.26. The van der Waals surface area contributed by atoms with Gasteiger partial charge in [0.25, 0.3) is 5.91 Å². The minimum Gasteiger partial charge on any atom is -0.383 e. The Morgan fingerprint density at radius 3 is 2.71 bits per heavy atom. The molecule has 1 amide bonds. The zero-order valence-corrected chi connectivity index (χ0v) is 10.5. The van der Waals surface area contributed by atoms with E-state index in [0.717, 1.165) is 6.54 Å². The highest BCUT2D eigenvalue weighted by atomic mass is 16.5. The number of methoxy groups -OCH3 is 1. The van der Waals surface area contributed by atoms with Crippen molar-refractivity contribution in [3.8, 4) is 0 Å². The van der Waals surface area contributed by atoms with Crippen LogP contribution in [0.25, 0.3) is 0 Å². The number of aryl methyl sites for hydroxylation is 2. The third kappa shape index (κ3) is 4.16. The quantitative estimate of drug-likeness (QED) is 0.669. The Morgan fingerprint density at radius 1 is 1.35 bits per heavy atom. The Hall–Kier alpha value is -1.40. The fourth-order valence-corrected chi connectivity index (χ4v) is 1.46. The third-order valence-corrected chi connectivity index (χ3v) is 2.33. The second-order valence-corrected chi connectivity index (χ2v) is 3.70. The predicted molar refractivity (Wildman–Crippen MR) is 63.1 cm³/mol. The van der Waals surface area contributed by atoms with E-state index in [4.69, 9.17) is 9.26 Å². The molecule has 0 unspecified atom stereocenters. The molecule has 0 aliphatic rings. The van der Waals surface area contributed by atoms with E-state index >= 15 is 0 Å². The topological polar surface area (TPSA) is 76.4 Å². The van der Waals surface area contributed by atoms with E-state index in [1.54, 1.807) is 21.0 Å². The fraction of sp³-hybridized carbons (Fsp3) is 0.636. The number of carbonyl (C=O) groups excluding carboxylic acids is 1. The molecule has 0 radical (unpaired) electrons. The summed E-state index contributed by atoms with van der Waals surface area (Å²) in [7, 11) is 1.65. The van der Waals surface area contributed by atoms with Gasteiger partial charge in [-0.2, -0.15) is 0 Å². The molecular formula is C11H19N3O3. The Labute approximate surface area is 101 Å². The summed E-state index contributed by atoms with van der Waals surface area (Å²) >= 11 is 0. The van der Waals surface area contributed by atoms with Crippen molar-refractivity contribution in [3.05, 3.63) is 17.0 Å². The molecule has 0 atom stereocenters. The molecule has 1 aromatic rings. The van der Waals surface area contributed by atoms with E-state index in [1.807, 2.05) is 0 Å². The standard InChI is InChI=1S/C11H19N3O3/c1-8-10(9(2)17-14-8)11(15)13-5-4-12-6-7-16-3/h12H,4-7H2,1-3H3,(H,13,15). The van der Waals surface area contributed by atoms with Crippen molar-refractivity contribution in [1.29, 1.82) is 0 Å². The van der Waals surface area contributed by atoms with E-state index in [-0.39, 0.29) is 5.91 Å². The molecule has 0 spiro atoms. The van der Waals surface area contributed by atoms with Gasteiger partial charge < -0.3 is 19.9 Å². The van der Waals surface area contributed by atoms with Crippen molar-refractivity contribution < 1.29 is 14.1 Å². The van der Waals surface area contributed by atoms with E-state index in [1.165, 1.54) is 0 Å². The van der Waals surface area contributed by atoms with Crippen LogP contribution in [0.3, 0.4) is 0 Å². The number of carbonyl (C=O) groups is 1. The summed E-state index contributed by atoms with van der Waals surface area (Å²) in [5.41, 5.74) is 1.15. The van der Waals surface area contributed by atoms with E-state index in [9.17, 15) is 4.79 Å². The van der Waals surface area contributed by atoms with Crippen molar-refractivity contribution >= 4 is 5.91 Å². The third-order valence-electron chi connectivity index (χ3n) is 2.33. The first-order chi connectivity index (χ1) is 8.16. The van der Waals surface area contributed by atoms with Crippen LogP contribution in [0.1, 0.15) is 21.8 Å². The number of hydrogen-bond donors (Lipinski definition) is 2. The van der Waals surface area contributed by atoms with Crippen LogP contribution in [-0.2, 0) is 4.74 Å². The fourth-order valence-electron chi connectivity index (χ4n) is 1.46. The smallest absolute Gasteiger partial charge is 0.256 e. The van der Waals surface area contributed by atoms with Crippen LogP contribution < -0.4 is 10.6 Å². The lowest BCUT2D eigenvalue weighted by atomic mass is 10.2. The maximum Gasteiger partial charge on any atom is 0.256 e. The van der Waals surface area contributed by atoms with Gasteiger partial charge in [-0.25, -0.2) is 0 Å². The zero-order chi connectivity index (χ0) is 12.7. The molecule has 1 aromatic heterocycles. The highest BCUT2D eigenvalue weighted by molar-refractivity contribution is 5.96. The summed E-state index contributed by atoms with van der Waals surface area (Å²) in [5.74, 6) is 0.405. The van der Waals surface area contributed by atoms with E-state index < -0.39 is 0 Å². The van der Waals surface area contributed by atoms with Crippen LogP contribution in [-0.4, -0.2) is 44.4 Å². The number of nitrogens with zero attached hydrogens (tertiary/aromatic N) is 1. The Bertz CT molecular complexity index is 343. The van der Waals surface area contributed by atoms with Crippen molar-refractivity contribution in [1.82, 2.24) is 15.8 Å². The van der Waals surface area contributed by atoms with E-state index in [2.05, 4.69) is 15.8 Å². The minimum atomic E-state index is -0.144.